The number of carbonyl (C=O) groups is 3. The van der Waals surface area contributed by atoms with Crippen LogP contribution >= 0.6 is 0 Å². The summed E-state index contributed by atoms with van der Waals surface area (Å²) in [5.74, 6) is -3.51. The molecule has 0 amide bonds. The lowest BCUT2D eigenvalue weighted by Gasteiger charge is -2.26. The van der Waals surface area contributed by atoms with Crippen molar-refractivity contribution in [2.24, 2.45) is 11.8 Å². The van der Waals surface area contributed by atoms with E-state index in [9.17, 15) is 14.4 Å². The predicted octanol–water partition coefficient (Wildman–Crippen LogP) is 1.47. The lowest BCUT2D eigenvalue weighted by molar-refractivity contribution is -0.272. The number of carbonyl (C=O) groups excluding carboxylic acids is 2. The zero-order chi connectivity index (χ0) is 15.8. The molecule has 1 aliphatic rings. The molecule has 0 aromatic heterocycles. The van der Waals surface area contributed by atoms with Gasteiger partial charge < -0.3 is 9.84 Å². The normalized spacial score (nSPS) is 21.4. The molecule has 0 radical (unpaired) electrons. The van der Waals surface area contributed by atoms with Crippen molar-refractivity contribution < 1.29 is 34.0 Å². The molecule has 0 saturated heterocycles. The molecule has 0 aliphatic heterocycles. The van der Waals surface area contributed by atoms with E-state index >= 15 is 0 Å². The monoisotopic (exact) mass is 300 g/mol. The van der Waals surface area contributed by atoms with Crippen LogP contribution in [0.15, 0.2) is 12.2 Å². The number of carboxylic acids is 1. The van der Waals surface area contributed by atoms with E-state index in [0.717, 1.165) is 12.8 Å². The smallest absolute Gasteiger partial charge is 0.368 e. The lowest BCUT2D eigenvalue weighted by Crippen LogP contribution is -2.34. The summed E-state index contributed by atoms with van der Waals surface area (Å²) in [5.41, 5.74) is 0.193. The summed E-state index contributed by atoms with van der Waals surface area (Å²) in [6.45, 7) is 4.62. The van der Waals surface area contributed by atoms with Crippen LogP contribution in [0.1, 0.15) is 32.6 Å². The molecule has 1 saturated carbocycles. The predicted molar refractivity (Wildman–Crippen MR) is 70.9 cm³/mol. The summed E-state index contributed by atoms with van der Waals surface area (Å²) in [4.78, 5) is 42.9. The van der Waals surface area contributed by atoms with Crippen LogP contribution in [0.5, 0.6) is 0 Å². The van der Waals surface area contributed by atoms with Crippen LogP contribution in [0.4, 0.5) is 0 Å². The van der Waals surface area contributed by atoms with Gasteiger partial charge in [0, 0.05) is 5.57 Å². The number of hydrogen-bond donors (Lipinski definition) is 1. The number of esters is 1. The van der Waals surface area contributed by atoms with Crippen molar-refractivity contribution in [3.8, 4) is 0 Å². The summed E-state index contributed by atoms with van der Waals surface area (Å²) in [7, 11) is 0. The number of hydrogen-bond acceptors (Lipinski definition) is 6. The van der Waals surface area contributed by atoms with E-state index in [1.807, 2.05) is 0 Å². The largest absolute Gasteiger partial charge is 0.481 e. The van der Waals surface area contributed by atoms with Crippen molar-refractivity contribution in [1.82, 2.24) is 0 Å². The van der Waals surface area contributed by atoms with Crippen LogP contribution in [0.3, 0.4) is 0 Å². The van der Waals surface area contributed by atoms with Gasteiger partial charge in [-0.2, -0.15) is 4.89 Å². The van der Waals surface area contributed by atoms with Crippen LogP contribution in [0, 0.1) is 11.8 Å². The molecule has 118 valence electrons. The van der Waals surface area contributed by atoms with Gasteiger partial charge in [0.25, 0.3) is 0 Å². The minimum absolute atomic E-state index is 0.106. The van der Waals surface area contributed by atoms with E-state index in [-0.39, 0.29) is 18.8 Å². The van der Waals surface area contributed by atoms with Crippen molar-refractivity contribution in [3.05, 3.63) is 12.2 Å². The molecular weight excluding hydrogens is 280 g/mol. The Morgan fingerprint density at radius 2 is 1.76 bits per heavy atom. The van der Waals surface area contributed by atoms with Gasteiger partial charge in [0.1, 0.15) is 13.2 Å². The zero-order valence-electron chi connectivity index (χ0n) is 12.0. The van der Waals surface area contributed by atoms with Crippen molar-refractivity contribution in [2.45, 2.75) is 32.6 Å². The maximum absolute atomic E-state index is 11.9. The van der Waals surface area contributed by atoms with Gasteiger partial charge >= 0.3 is 17.9 Å². The van der Waals surface area contributed by atoms with Crippen molar-refractivity contribution >= 4 is 17.9 Å². The fraction of sp³-hybridized carbons (Fsp3) is 0.643. The standard InChI is InChI=1S/C14H20O7/c1-9(2)13(17)21-20-8-7-19-14(18)11-6-4-3-5-10(11)12(15)16/h10-11H,1,3-8H2,2H3,(H,15,16). The molecular formula is C14H20O7. The number of ether oxygens (including phenoxy) is 1. The van der Waals surface area contributed by atoms with Crippen molar-refractivity contribution in [2.75, 3.05) is 13.2 Å². The summed E-state index contributed by atoms with van der Waals surface area (Å²) in [6, 6.07) is 0. The highest BCUT2D eigenvalue weighted by molar-refractivity contribution is 5.86. The fourth-order valence-corrected chi connectivity index (χ4v) is 2.16. The van der Waals surface area contributed by atoms with Crippen LogP contribution in [-0.4, -0.2) is 36.2 Å². The third-order valence-electron chi connectivity index (χ3n) is 3.28. The van der Waals surface area contributed by atoms with Gasteiger partial charge in [0.15, 0.2) is 0 Å². The molecule has 0 bridgehead atoms. The van der Waals surface area contributed by atoms with Gasteiger partial charge in [0.05, 0.1) is 11.8 Å². The average Bonchev–Trinajstić information content (AvgIpc) is 2.46. The Hall–Kier alpha value is -1.89. The Morgan fingerprint density at radius 1 is 1.14 bits per heavy atom. The number of aliphatic carboxylic acids is 1. The highest BCUT2D eigenvalue weighted by Gasteiger charge is 2.36. The molecule has 1 aliphatic carbocycles. The third kappa shape index (κ3) is 5.55. The summed E-state index contributed by atoms with van der Waals surface area (Å²) < 4.78 is 4.96. The number of rotatable bonds is 7. The Balaban J connectivity index is 2.28. The maximum Gasteiger partial charge on any atom is 0.368 e. The zero-order valence-corrected chi connectivity index (χ0v) is 12.0. The molecule has 1 N–H and O–H groups in total. The molecule has 1 fully saturated rings. The molecule has 21 heavy (non-hydrogen) atoms. The van der Waals surface area contributed by atoms with Gasteiger partial charge in [-0.05, 0) is 19.8 Å². The Bertz CT molecular complexity index is 416. The first-order valence-corrected chi connectivity index (χ1v) is 6.82. The van der Waals surface area contributed by atoms with Crippen LogP contribution in [0.25, 0.3) is 0 Å². The Labute approximate surface area is 122 Å². The Kier molecular flexibility index (Phi) is 6.87. The first kappa shape index (κ1) is 17.2. The van der Waals surface area contributed by atoms with Crippen LogP contribution < -0.4 is 0 Å². The summed E-state index contributed by atoms with van der Waals surface area (Å²) in [6.07, 6.45) is 2.63. The van der Waals surface area contributed by atoms with Gasteiger partial charge in [-0.1, -0.05) is 19.4 Å². The van der Waals surface area contributed by atoms with Crippen LogP contribution in [0.2, 0.25) is 0 Å². The van der Waals surface area contributed by atoms with Gasteiger partial charge in [-0.25, -0.2) is 4.79 Å². The third-order valence-corrected chi connectivity index (χ3v) is 3.28. The van der Waals surface area contributed by atoms with Crippen LogP contribution in [-0.2, 0) is 28.9 Å². The van der Waals surface area contributed by atoms with Gasteiger partial charge in [0.2, 0.25) is 0 Å². The molecule has 2 atom stereocenters. The fourth-order valence-electron chi connectivity index (χ4n) is 2.16. The molecule has 0 heterocycles. The minimum atomic E-state index is -0.969. The molecule has 0 aromatic carbocycles. The second kappa shape index (κ2) is 8.41. The quantitative estimate of drug-likeness (QED) is 0.250. The highest BCUT2D eigenvalue weighted by atomic mass is 17.2. The molecule has 2 unspecified atom stereocenters. The molecule has 7 nitrogen and oxygen atoms in total. The second-order valence-corrected chi connectivity index (χ2v) is 4.98. The van der Waals surface area contributed by atoms with E-state index in [1.165, 1.54) is 6.92 Å². The Morgan fingerprint density at radius 3 is 2.33 bits per heavy atom. The van der Waals surface area contributed by atoms with E-state index in [0.29, 0.717) is 12.8 Å². The van der Waals surface area contributed by atoms with E-state index < -0.39 is 29.7 Å². The van der Waals surface area contributed by atoms with E-state index in [2.05, 4.69) is 16.4 Å². The highest BCUT2D eigenvalue weighted by Crippen LogP contribution is 2.31. The summed E-state index contributed by atoms with van der Waals surface area (Å²) >= 11 is 0. The van der Waals surface area contributed by atoms with Crippen molar-refractivity contribution in [1.29, 1.82) is 0 Å². The average molecular weight is 300 g/mol. The maximum atomic E-state index is 11.9. The van der Waals surface area contributed by atoms with Gasteiger partial charge in [-0.15, -0.1) is 0 Å². The minimum Gasteiger partial charge on any atom is -0.481 e. The first-order chi connectivity index (χ1) is 9.93. The van der Waals surface area contributed by atoms with Crippen molar-refractivity contribution in [3.63, 3.8) is 0 Å². The first-order valence-electron chi connectivity index (χ1n) is 6.82. The molecule has 7 heteroatoms. The number of carboxylic acid groups (broad SMARTS) is 1. The second-order valence-electron chi connectivity index (χ2n) is 4.98. The molecule has 0 spiro atoms. The van der Waals surface area contributed by atoms with Gasteiger partial charge in [-0.3, -0.25) is 14.5 Å². The SMILES string of the molecule is C=C(C)C(=O)OOCCOC(=O)C1CCCCC1C(=O)O. The summed E-state index contributed by atoms with van der Waals surface area (Å²) in [5, 5.41) is 9.08. The topological polar surface area (TPSA) is 99.1 Å². The van der Waals surface area contributed by atoms with E-state index in [1.54, 1.807) is 0 Å². The van der Waals surface area contributed by atoms with E-state index in [4.69, 9.17) is 9.84 Å². The molecule has 1 rings (SSSR count). The lowest BCUT2D eigenvalue weighted by atomic mass is 9.79. The molecule has 0 aromatic rings.